The number of hydrogen-bond acceptors (Lipinski definition) is 2. The zero-order valence-corrected chi connectivity index (χ0v) is 11.6. The second-order valence-corrected chi connectivity index (χ2v) is 5.72. The van der Waals surface area contributed by atoms with Crippen LogP contribution >= 0.6 is 15.9 Å². The Hall–Kier alpha value is -1.11. The minimum atomic E-state index is -4.47. The highest BCUT2D eigenvalue weighted by Gasteiger charge is 2.34. The number of nitrogens with zero attached hydrogens (tertiary/aromatic N) is 3. The molecule has 0 atom stereocenters. The maximum Gasteiger partial charge on any atom is 0.433 e. The van der Waals surface area contributed by atoms with E-state index in [0.29, 0.717) is 5.69 Å². The van der Waals surface area contributed by atoms with Crippen molar-refractivity contribution >= 4 is 21.6 Å². The Balaban J connectivity index is 2.67. The number of rotatable bonds is 0. The SMILES string of the molecule is CC(C)(C)c1cn2c(Br)nc(C(F)(F)F)cc2n1. The predicted octanol–water partition coefficient (Wildman–Crippen LogP) is 3.81. The van der Waals surface area contributed by atoms with E-state index in [-0.39, 0.29) is 15.8 Å². The van der Waals surface area contributed by atoms with Crippen molar-refractivity contribution in [3.63, 3.8) is 0 Å². The molecule has 18 heavy (non-hydrogen) atoms. The van der Waals surface area contributed by atoms with Crippen LogP contribution in [0.1, 0.15) is 32.2 Å². The third-order valence-electron chi connectivity index (χ3n) is 2.47. The molecular formula is C11H11BrF3N3. The Bertz CT molecular complexity index is 596. The van der Waals surface area contributed by atoms with Gasteiger partial charge in [-0.25, -0.2) is 9.97 Å². The summed E-state index contributed by atoms with van der Waals surface area (Å²) in [4.78, 5) is 7.69. The number of halogens is 4. The van der Waals surface area contributed by atoms with Gasteiger partial charge in [-0.15, -0.1) is 0 Å². The molecule has 0 amide bonds. The molecule has 2 heterocycles. The van der Waals surface area contributed by atoms with E-state index in [0.717, 1.165) is 6.07 Å². The van der Waals surface area contributed by atoms with Crippen LogP contribution in [0.25, 0.3) is 5.65 Å². The molecule has 0 aromatic carbocycles. The highest BCUT2D eigenvalue weighted by Crippen LogP contribution is 2.30. The third kappa shape index (κ3) is 2.36. The van der Waals surface area contributed by atoms with Crippen molar-refractivity contribution in [1.82, 2.24) is 14.4 Å². The first-order chi connectivity index (χ1) is 8.09. The number of imidazole rings is 1. The zero-order valence-electron chi connectivity index (χ0n) is 10.0. The fourth-order valence-corrected chi connectivity index (χ4v) is 1.93. The number of hydrogen-bond donors (Lipinski definition) is 0. The summed E-state index contributed by atoms with van der Waals surface area (Å²) in [5, 5.41) is 0. The zero-order chi connectivity index (χ0) is 13.7. The van der Waals surface area contributed by atoms with Crippen molar-refractivity contribution < 1.29 is 13.2 Å². The van der Waals surface area contributed by atoms with E-state index in [1.807, 2.05) is 20.8 Å². The molecule has 0 fully saturated rings. The molecule has 0 aliphatic carbocycles. The maximum absolute atomic E-state index is 12.6. The van der Waals surface area contributed by atoms with Crippen LogP contribution in [0, 0.1) is 0 Å². The van der Waals surface area contributed by atoms with Crippen molar-refractivity contribution in [3.8, 4) is 0 Å². The lowest BCUT2D eigenvalue weighted by atomic mass is 9.93. The molecule has 7 heteroatoms. The summed E-state index contributed by atoms with van der Waals surface area (Å²) < 4.78 is 39.4. The van der Waals surface area contributed by atoms with E-state index in [9.17, 15) is 13.2 Å². The standard InChI is InChI=1S/C11H11BrF3N3/c1-10(2,3)7-5-18-8(16-7)4-6(11(13,14)15)17-9(18)12/h4-5H,1-3H3. The summed E-state index contributed by atoms with van der Waals surface area (Å²) in [5.41, 5.74) is -0.240. The van der Waals surface area contributed by atoms with E-state index < -0.39 is 11.9 Å². The third-order valence-corrected chi connectivity index (χ3v) is 3.03. The van der Waals surface area contributed by atoms with Crippen LogP contribution in [0.4, 0.5) is 13.2 Å². The molecule has 0 aliphatic rings. The number of alkyl halides is 3. The molecule has 0 spiro atoms. The van der Waals surface area contributed by atoms with Crippen molar-refractivity contribution in [2.24, 2.45) is 0 Å². The normalized spacial score (nSPS) is 13.3. The summed E-state index contributed by atoms with van der Waals surface area (Å²) in [6, 6.07) is 0.944. The Labute approximate surface area is 110 Å². The van der Waals surface area contributed by atoms with Crippen molar-refractivity contribution in [1.29, 1.82) is 0 Å². The first kappa shape index (κ1) is 13.3. The van der Waals surface area contributed by atoms with Crippen LogP contribution in [0.5, 0.6) is 0 Å². The Morgan fingerprint density at radius 2 is 1.72 bits per heavy atom. The molecule has 0 bridgehead atoms. The second-order valence-electron chi connectivity index (χ2n) is 5.01. The highest BCUT2D eigenvalue weighted by atomic mass is 79.9. The van der Waals surface area contributed by atoms with Crippen LogP contribution in [0.15, 0.2) is 17.0 Å². The van der Waals surface area contributed by atoms with Crippen molar-refractivity contribution in [3.05, 3.63) is 28.4 Å². The predicted molar refractivity (Wildman–Crippen MR) is 64.4 cm³/mol. The minimum absolute atomic E-state index is 0.0929. The summed E-state index contributed by atoms with van der Waals surface area (Å²) in [6.07, 6.45) is -2.79. The smallest absolute Gasteiger partial charge is 0.278 e. The van der Waals surface area contributed by atoms with Gasteiger partial charge in [-0.05, 0) is 15.9 Å². The monoisotopic (exact) mass is 321 g/mol. The van der Waals surface area contributed by atoms with Gasteiger partial charge in [-0.1, -0.05) is 20.8 Å². The molecule has 98 valence electrons. The van der Waals surface area contributed by atoms with Gasteiger partial charge in [-0.2, -0.15) is 13.2 Å². The van der Waals surface area contributed by atoms with Crippen molar-refractivity contribution in [2.75, 3.05) is 0 Å². The Morgan fingerprint density at radius 3 is 2.22 bits per heavy atom. The lowest BCUT2D eigenvalue weighted by Crippen LogP contribution is -2.11. The van der Waals surface area contributed by atoms with Crippen LogP contribution in [0.2, 0.25) is 0 Å². The van der Waals surface area contributed by atoms with Gasteiger partial charge in [0.1, 0.15) is 5.65 Å². The Kier molecular flexibility index (Phi) is 2.92. The van der Waals surface area contributed by atoms with Crippen LogP contribution < -0.4 is 0 Å². The van der Waals surface area contributed by atoms with Gasteiger partial charge in [-0.3, -0.25) is 4.40 Å². The first-order valence-corrected chi connectivity index (χ1v) is 6.01. The lowest BCUT2D eigenvalue weighted by molar-refractivity contribution is -0.141. The van der Waals surface area contributed by atoms with Crippen LogP contribution in [0.3, 0.4) is 0 Å². The van der Waals surface area contributed by atoms with E-state index in [1.54, 1.807) is 6.20 Å². The fourth-order valence-electron chi connectivity index (χ4n) is 1.46. The molecule has 2 aromatic rings. The quantitative estimate of drug-likeness (QED) is 0.691. The topological polar surface area (TPSA) is 30.2 Å². The average molecular weight is 322 g/mol. The van der Waals surface area contributed by atoms with Gasteiger partial charge in [0.2, 0.25) is 0 Å². The molecule has 2 aromatic heterocycles. The summed E-state index contributed by atoms with van der Waals surface area (Å²) in [5.74, 6) is 0. The molecule has 0 saturated carbocycles. The molecular weight excluding hydrogens is 311 g/mol. The molecule has 0 N–H and O–H groups in total. The lowest BCUT2D eigenvalue weighted by Gasteiger charge is -2.13. The van der Waals surface area contributed by atoms with Crippen LogP contribution in [-0.2, 0) is 11.6 Å². The molecule has 3 nitrogen and oxygen atoms in total. The minimum Gasteiger partial charge on any atom is -0.278 e. The van der Waals surface area contributed by atoms with Gasteiger partial charge in [0.25, 0.3) is 0 Å². The molecule has 0 radical (unpaired) electrons. The van der Waals surface area contributed by atoms with Gasteiger partial charge < -0.3 is 0 Å². The average Bonchev–Trinajstić information content (AvgIpc) is 2.59. The molecule has 2 rings (SSSR count). The van der Waals surface area contributed by atoms with Crippen LogP contribution in [-0.4, -0.2) is 14.4 Å². The number of aromatic nitrogens is 3. The van der Waals surface area contributed by atoms with Gasteiger partial charge in [0, 0.05) is 17.7 Å². The largest absolute Gasteiger partial charge is 0.433 e. The summed E-state index contributed by atoms with van der Waals surface area (Å²) in [6.45, 7) is 5.84. The highest BCUT2D eigenvalue weighted by molar-refractivity contribution is 9.10. The Morgan fingerprint density at radius 1 is 1.11 bits per heavy atom. The first-order valence-electron chi connectivity index (χ1n) is 5.22. The summed E-state index contributed by atoms with van der Waals surface area (Å²) in [7, 11) is 0. The van der Waals surface area contributed by atoms with Crippen molar-refractivity contribution in [2.45, 2.75) is 32.4 Å². The maximum atomic E-state index is 12.6. The summed E-state index contributed by atoms with van der Waals surface area (Å²) >= 11 is 3.03. The van der Waals surface area contributed by atoms with E-state index in [1.165, 1.54) is 4.40 Å². The van der Waals surface area contributed by atoms with Gasteiger partial charge >= 0.3 is 6.18 Å². The van der Waals surface area contributed by atoms with E-state index in [2.05, 4.69) is 25.9 Å². The second kappa shape index (κ2) is 3.94. The van der Waals surface area contributed by atoms with E-state index in [4.69, 9.17) is 0 Å². The molecule has 0 aliphatic heterocycles. The van der Waals surface area contributed by atoms with Gasteiger partial charge in [0.15, 0.2) is 10.4 Å². The van der Waals surface area contributed by atoms with E-state index >= 15 is 0 Å². The van der Waals surface area contributed by atoms with Gasteiger partial charge in [0.05, 0.1) is 5.69 Å². The fraction of sp³-hybridized carbons (Fsp3) is 0.455. The molecule has 0 saturated heterocycles. The number of fused-ring (bicyclic) bond motifs is 1. The molecule has 0 unspecified atom stereocenters.